The van der Waals surface area contributed by atoms with Crippen molar-refractivity contribution in [3.05, 3.63) is 106 Å². The molecule has 3 aromatic rings. The lowest BCUT2D eigenvalue weighted by atomic mass is 9.72. The van der Waals surface area contributed by atoms with Crippen LogP contribution >= 0.6 is 0 Å². The molecule has 0 aliphatic carbocycles. The molecule has 0 saturated heterocycles. The van der Waals surface area contributed by atoms with E-state index in [2.05, 4.69) is 128 Å². The van der Waals surface area contributed by atoms with Gasteiger partial charge < -0.3 is 0 Å². The van der Waals surface area contributed by atoms with Gasteiger partial charge in [-0.25, -0.2) is 0 Å². The van der Waals surface area contributed by atoms with Gasteiger partial charge in [0.2, 0.25) is 0 Å². The Morgan fingerprint density at radius 2 is 1.03 bits per heavy atom. The van der Waals surface area contributed by atoms with Gasteiger partial charge in [0.1, 0.15) is 0 Å². The van der Waals surface area contributed by atoms with Crippen molar-refractivity contribution in [3.8, 4) is 12.3 Å². The van der Waals surface area contributed by atoms with Crippen LogP contribution in [-0.4, -0.2) is 0 Å². The molecule has 0 bridgehead atoms. The fraction of sp³-hybridized carbons (Fsp3) is 0.375. The third-order valence-electron chi connectivity index (χ3n) is 7.29. The summed E-state index contributed by atoms with van der Waals surface area (Å²) in [5.74, 6) is 2.90. The van der Waals surface area contributed by atoms with Gasteiger partial charge in [-0.1, -0.05) is 113 Å². The van der Waals surface area contributed by atoms with Gasteiger partial charge in [-0.2, -0.15) is 0 Å². The molecule has 0 unspecified atom stereocenters. The molecule has 0 N–H and O–H groups in total. The Balaban J connectivity index is 2.02. The van der Waals surface area contributed by atoms with Gasteiger partial charge in [0.15, 0.2) is 0 Å². The second kappa shape index (κ2) is 8.63. The summed E-state index contributed by atoms with van der Waals surface area (Å²) in [5.41, 5.74) is 8.79. The SMILES string of the molecule is C#CC(C)(C)c1ccc(C(C)(C)c2cc(C)cc(C(C)(C)c3ccc(CC)cc3)c2)cc1. The average Bonchev–Trinajstić information content (AvgIpc) is 2.78. The second-order valence-electron chi connectivity index (χ2n) is 10.7. The molecule has 0 nitrogen and oxygen atoms in total. The second-order valence-corrected chi connectivity index (χ2v) is 10.7. The molecular formula is C32H38. The Kier molecular flexibility index (Phi) is 6.44. The summed E-state index contributed by atoms with van der Waals surface area (Å²) >= 11 is 0. The summed E-state index contributed by atoms with van der Waals surface area (Å²) in [6.07, 6.45) is 6.81. The number of hydrogen-bond acceptors (Lipinski definition) is 0. The van der Waals surface area contributed by atoms with Gasteiger partial charge >= 0.3 is 0 Å². The number of aryl methyl sites for hydroxylation is 2. The lowest BCUT2D eigenvalue weighted by Gasteiger charge is -2.32. The van der Waals surface area contributed by atoms with E-state index in [4.69, 9.17) is 6.42 Å². The Hall–Kier alpha value is -2.78. The topological polar surface area (TPSA) is 0 Å². The molecule has 0 heterocycles. The molecule has 3 aromatic carbocycles. The van der Waals surface area contributed by atoms with Gasteiger partial charge in [0, 0.05) is 10.8 Å². The van der Waals surface area contributed by atoms with Gasteiger partial charge in [-0.05, 0) is 60.6 Å². The zero-order valence-electron chi connectivity index (χ0n) is 21.1. The molecule has 0 spiro atoms. The van der Waals surface area contributed by atoms with Crippen LogP contribution in [0.3, 0.4) is 0 Å². The van der Waals surface area contributed by atoms with Crippen LogP contribution in [0.4, 0.5) is 0 Å². The number of hydrogen-bond donors (Lipinski definition) is 0. The zero-order chi connectivity index (χ0) is 23.7. The predicted molar refractivity (Wildman–Crippen MR) is 140 cm³/mol. The summed E-state index contributed by atoms with van der Waals surface area (Å²) in [5, 5.41) is 0. The molecular weight excluding hydrogens is 384 g/mol. The fourth-order valence-corrected chi connectivity index (χ4v) is 4.38. The van der Waals surface area contributed by atoms with Crippen LogP contribution in [0.5, 0.6) is 0 Å². The Morgan fingerprint density at radius 1 is 0.625 bits per heavy atom. The normalized spacial score (nSPS) is 12.5. The molecule has 3 rings (SSSR count). The van der Waals surface area contributed by atoms with E-state index in [-0.39, 0.29) is 16.2 Å². The molecule has 166 valence electrons. The van der Waals surface area contributed by atoms with Crippen molar-refractivity contribution in [3.63, 3.8) is 0 Å². The molecule has 0 heteroatoms. The molecule has 0 aliphatic rings. The molecule has 0 atom stereocenters. The largest absolute Gasteiger partial charge is 0.119 e. The van der Waals surface area contributed by atoms with E-state index in [1.54, 1.807) is 0 Å². The maximum atomic E-state index is 5.74. The highest BCUT2D eigenvalue weighted by Gasteiger charge is 2.29. The third kappa shape index (κ3) is 4.54. The first-order valence-corrected chi connectivity index (χ1v) is 11.7. The van der Waals surface area contributed by atoms with Crippen LogP contribution in [-0.2, 0) is 22.7 Å². The molecule has 0 radical (unpaired) electrons. The van der Waals surface area contributed by atoms with Crippen LogP contribution in [0, 0.1) is 19.3 Å². The van der Waals surface area contributed by atoms with E-state index < -0.39 is 0 Å². The quantitative estimate of drug-likeness (QED) is 0.352. The van der Waals surface area contributed by atoms with Crippen LogP contribution < -0.4 is 0 Å². The maximum Gasteiger partial charge on any atom is 0.0504 e. The predicted octanol–water partition coefficient (Wildman–Crippen LogP) is 8.12. The molecule has 0 saturated carbocycles. The Morgan fingerprint density at radius 3 is 1.44 bits per heavy atom. The molecule has 0 amide bonds. The van der Waals surface area contributed by atoms with Crippen LogP contribution in [0.15, 0.2) is 66.7 Å². The Labute approximate surface area is 196 Å². The van der Waals surface area contributed by atoms with Crippen molar-refractivity contribution in [2.24, 2.45) is 0 Å². The number of rotatable bonds is 6. The highest BCUT2D eigenvalue weighted by molar-refractivity contribution is 5.47. The standard InChI is InChI=1S/C32H38/c1-10-24-12-14-26(15-13-24)31(6,7)28-20-23(3)21-29(22-28)32(8,9)27-18-16-25(17-19-27)30(4,5)11-2/h2,12-22H,10H2,1,3-9H3. The first-order valence-electron chi connectivity index (χ1n) is 11.7. The lowest BCUT2D eigenvalue weighted by molar-refractivity contribution is 0.615. The number of terminal acetylenes is 1. The van der Waals surface area contributed by atoms with Crippen molar-refractivity contribution in [1.29, 1.82) is 0 Å². The van der Waals surface area contributed by atoms with Gasteiger partial charge in [-0.15, -0.1) is 6.42 Å². The smallest absolute Gasteiger partial charge is 0.0504 e. The average molecular weight is 423 g/mol. The first-order chi connectivity index (χ1) is 14.9. The van der Waals surface area contributed by atoms with Crippen molar-refractivity contribution >= 4 is 0 Å². The minimum Gasteiger partial charge on any atom is -0.119 e. The van der Waals surface area contributed by atoms with E-state index in [0.29, 0.717) is 0 Å². The zero-order valence-corrected chi connectivity index (χ0v) is 21.1. The van der Waals surface area contributed by atoms with Crippen molar-refractivity contribution in [2.45, 2.75) is 78.1 Å². The Bertz CT molecular complexity index is 1110. The monoisotopic (exact) mass is 422 g/mol. The fourth-order valence-electron chi connectivity index (χ4n) is 4.38. The summed E-state index contributed by atoms with van der Waals surface area (Å²) in [6.45, 7) is 17.9. The third-order valence-corrected chi connectivity index (χ3v) is 7.29. The minimum atomic E-state index is -0.253. The van der Waals surface area contributed by atoms with E-state index in [1.807, 2.05) is 0 Å². The summed E-state index contributed by atoms with van der Waals surface area (Å²) in [7, 11) is 0. The molecule has 0 aliphatic heterocycles. The van der Waals surface area contributed by atoms with Crippen molar-refractivity contribution < 1.29 is 0 Å². The van der Waals surface area contributed by atoms with Gasteiger partial charge in [0.05, 0.1) is 5.41 Å². The van der Waals surface area contributed by atoms with Crippen LogP contribution in [0.2, 0.25) is 0 Å². The van der Waals surface area contributed by atoms with E-state index >= 15 is 0 Å². The highest BCUT2D eigenvalue weighted by Crippen LogP contribution is 2.38. The molecule has 0 fully saturated rings. The summed E-state index contributed by atoms with van der Waals surface area (Å²) in [6, 6.07) is 25.0. The van der Waals surface area contributed by atoms with Crippen LogP contribution in [0.1, 0.15) is 87.4 Å². The van der Waals surface area contributed by atoms with Crippen molar-refractivity contribution in [1.82, 2.24) is 0 Å². The van der Waals surface area contributed by atoms with Crippen molar-refractivity contribution in [2.75, 3.05) is 0 Å². The first kappa shape index (κ1) is 23.9. The minimum absolute atomic E-state index is 0.0657. The maximum absolute atomic E-state index is 5.74. The summed E-state index contributed by atoms with van der Waals surface area (Å²) in [4.78, 5) is 0. The summed E-state index contributed by atoms with van der Waals surface area (Å²) < 4.78 is 0. The van der Waals surface area contributed by atoms with E-state index in [0.717, 1.165) is 6.42 Å². The van der Waals surface area contributed by atoms with Gasteiger partial charge in [0.25, 0.3) is 0 Å². The van der Waals surface area contributed by atoms with Gasteiger partial charge in [-0.3, -0.25) is 0 Å². The highest BCUT2D eigenvalue weighted by atomic mass is 14.3. The molecule has 0 aromatic heterocycles. The van der Waals surface area contributed by atoms with E-state index in [9.17, 15) is 0 Å². The molecule has 32 heavy (non-hydrogen) atoms. The van der Waals surface area contributed by atoms with Crippen LogP contribution in [0.25, 0.3) is 0 Å². The lowest BCUT2D eigenvalue weighted by Crippen LogP contribution is -2.23. The van der Waals surface area contributed by atoms with E-state index in [1.165, 1.54) is 38.9 Å². The number of benzene rings is 3.